The standard InChI is InChI=1S/C13H12F4N2OS/c14-6-5-7(15)9(17)10(8(6)16)19-12(20)13(11(18)21)3-1-2-4-13/h5H,1-4H2,(H2,18,21)(H,19,20). The Kier molecular flexibility index (Phi) is 4.18. The van der Waals surface area contributed by atoms with Gasteiger partial charge in [-0.2, -0.15) is 0 Å². The van der Waals surface area contributed by atoms with Crippen LogP contribution in [0, 0.1) is 28.7 Å². The van der Waals surface area contributed by atoms with Gasteiger partial charge in [-0.3, -0.25) is 4.79 Å². The van der Waals surface area contributed by atoms with Crippen molar-refractivity contribution in [2.45, 2.75) is 25.7 Å². The number of nitrogens with one attached hydrogen (secondary N) is 1. The van der Waals surface area contributed by atoms with Gasteiger partial charge in [0.2, 0.25) is 5.91 Å². The largest absolute Gasteiger partial charge is 0.392 e. The quantitative estimate of drug-likeness (QED) is 0.511. The SMILES string of the molecule is NC(=S)C1(C(=O)Nc2c(F)c(F)cc(F)c2F)CCCC1. The second-order valence-corrected chi connectivity index (χ2v) is 5.39. The molecular weight excluding hydrogens is 308 g/mol. The van der Waals surface area contributed by atoms with Crippen LogP contribution < -0.4 is 11.1 Å². The summed E-state index contributed by atoms with van der Waals surface area (Å²) in [4.78, 5) is 12.1. The topological polar surface area (TPSA) is 55.1 Å². The maximum absolute atomic E-state index is 13.6. The summed E-state index contributed by atoms with van der Waals surface area (Å²) in [6.07, 6.45) is 2.00. The Hall–Kier alpha value is -1.70. The number of amides is 1. The molecule has 2 rings (SSSR count). The van der Waals surface area contributed by atoms with Crippen molar-refractivity contribution in [3.05, 3.63) is 29.3 Å². The minimum absolute atomic E-state index is 0.0687. The molecule has 0 saturated heterocycles. The van der Waals surface area contributed by atoms with Gasteiger partial charge in [0, 0.05) is 6.07 Å². The molecule has 1 aliphatic rings. The van der Waals surface area contributed by atoms with Crippen molar-refractivity contribution in [1.82, 2.24) is 0 Å². The highest BCUT2D eigenvalue weighted by molar-refractivity contribution is 7.80. The summed E-state index contributed by atoms with van der Waals surface area (Å²) in [5.74, 6) is -7.38. The fraction of sp³-hybridized carbons (Fsp3) is 0.385. The van der Waals surface area contributed by atoms with E-state index in [0.717, 1.165) is 0 Å². The maximum atomic E-state index is 13.6. The molecule has 0 radical (unpaired) electrons. The summed E-state index contributed by atoms with van der Waals surface area (Å²) in [5, 5.41) is 1.89. The zero-order valence-corrected chi connectivity index (χ0v) is 11.6. The van der Waals surface area contributed by atoms with E-state index in [1.807, 2.05) is 5.32 Å². The monoisotopic (exact) mass is 320 g/mol. The van der Waals surface area contributed by atoms with E-state index in [1.165, 1.54) is 0 Å². The van der Waals surface area contributed by atoms with Gasteiger partial charge in [-0.25, -0.2) is 17.6 Å². The van der Waals surface area contributed by atoms with Crippen molar-refractivity contribution in [2.75, 3.05) is 5.32 Å². The van der Waals surface area contributed by atoms with Crippen LogP contribution in [0.3, 0.4) is 0 Å². The lowest BCUT2D eigenvalue weighted by molar-refractivity contribution is -0.122. The van der Waals surface area contributed by atoms with Gasteiger partial charge < -0.3 is 11.1 Å². The van der Waals surface area contributed by atoms with Gasteiger partial charge in [0.1, 0.15) is 5.69 Å². The molecule has 0 atom stereocenters. The lowest BCUT2D eigenvalue weighted by Gasteiger charge is -2.26. The van der Waals surface area contributed by atoms with Crippen molar-refractivity contribution in [2.24, 2.45) is 11.1 Å². The summed E-state index contributed by atoms with van der Waals surface area (Å²) in [7, 11) is 0. The van der Waals surface area contributed by atoms with Crippen molar-refractivity contribution >= 4 is 28.8 Å². The molecule has 114 valence electrons. The summed E-state index contributed by atoms with van der Waals surface area (Å²) in [5.41, 5.74) is 3.15. The van der Waals surface area contributed by atoms with E-state index in [0.29, 0.717) is 25.7 Å². The summed E-state index contributed by atoms with van der Waals surface area (Å²) >= 11 is 4.86. The third-order valence-electron chi connectivity index (χ3n) is 3.71. The Bertz CT molecular complexity index is 588. The summed E-state index contributed by atoms with van der Waals surface area (Å²) in [6.45, 7) is 0. The molecule has 3 nitrogen and oxygen atoms in total. The number of thiocarbonyl (C=S) groups is 1. The van der Waals surface area contributed by atoms with E-state index in [4.69, 9.17) is 18.0 Å². The second-order valence-electron chi connectivity index (χ2n) is 4.95. The highest BCUT2D eigenvalue weighted by atomic mass is 32.1. The first kappa shape index (κ1) is 15.7. The number of halogens is 4. The van der Waals surface area contributed by atoms with E-state index in [-0.39, 0.29) is 11.1 Å². The smallest absolute Gasteiger partial charge is 0.237 e. The van der Waals surface area contributed by atoms with E-state index >= 15 is 0 Å². The third-order valence-corrected chi connectivity index (χ3v) is 4.10. The van der Waals surface area contributed by atoms with Gasteiger partial charge in [-0.15, -0.1) is 0 Å². The van der Waals surface area contributed by atoms with Crippen LogP contribution in [0.25, 0.3) is 0 Å². The van der Waals surface area contributed by atoms with E-state index in [1.54, 1.807) is 0 Å². The van der Waals surface area contributed by atoms with Crippen molar-refractivity contribution in [3.63, 3.8) is 0 Å². The van der Waals surface area contributed by atoms with Crippen molar-refractivity contribution in [1.29, 1.82) is 0 Å². The zero-order chi connectivity index (χ0) is 15.8. The third kappa shape index (κ3) is 2.59. The predicted octanol–water partition coefficient (Wildman–Crippen LogP) is 3.03. The van der Waals surface area contributed by atoms with Crippen LogP contribution in [0.4, 0.5) is 23.2 Å². The highest BCUT2D eigenvalue weighted by Crippen LogP contribution is 2.40. The zero-order valence-electron chi connectivity index (χ0n) is 10.8. The normalized spacial score (nSPS) is 16.8. The molecule has 1 aromatic rings. The van der Waals surface area contributed by atoms with E-state index in [9.17, 15) is 22.4 Å². The van der Waals surface area contributed by atoms with Gasteiger partial charge in [-0.1, -0.05) is 25.1 Å². The maximum Gasteiger partial charge on any atom is 0.237 e. The molecule has 1 aliphatic carbocycles. The number of rotatable bonds is 3. The van der Waals surface area contributed by atoms with Gasteiger partial charge in [-0.05, 0) is 12.8 Å². The number of nitrogens with two attached hydrogens (primary N) is 1. The van der Waals surface area contributed by atoms with Crippen LogP contribution in [-0.2, 0) is 4.79 Å². The number of benzene rings is 1. The van der Waals surface area contributed by atoms with Crippen molar-refractivity contribution in [3.8, 4) is 0 Å². The Morgan fingerprint density at radius 2 is 1.62 bits per heavy atom. The van der Waals surface area contributed by atoms with Crippen molar-refractivity contribution < 1.29 is 22.4 Å². The van der Waals surface area contributed by atoms with Gasteiger partial charge in [0.05, 0.1) is 10.4 Å². The van der Waals surface area contributed by atoms with Crippen LogP contribution in [0.5, 0.6) is 0 Å². The van der Waals surface area contributed by atoms with Crippen LogP contribution >= 0.6 is 12.2 Å². The summed E-state index contributed by atoms with van der Waals surface area (Å²) in [6, 6.07) is 0.0687. The van der Waals surface area contributed by atoms with E-state index < -0.39 is 40.3 Å². The molecule has 21 heavy (non-hydrogen) atoms. The second kappa shape index (κ2) is 5.59. The average molecular weight is 320 g/mol. The first-order valence-corrected chi connectivity index (χ1v) is 6.65. The summed E-state index contributed by atoms with van der Waals surface area (Å²) < 4.78 is 53.3. The molecule has 0 unspecified atom stereocenters. The van der Waals surface area contributed by atoms with Gasteiger partial charge >= 0.3 is 0 Å². The molecule has 0 bridgehead atoms. The molecule has 1 amide bonds. The molecule has 0 aliphatic heterocycles. The fourth-order valence-electron chi connectivity index (χ4n) is 2.48. The van der Waals surface area contributed by atoms with Crippen LogP contribution in [0.2, 0.25) is 0 Å². The molecule has 3 N–H and O–H groups in total. The Labute approximate surface area is 123 Å². The lowest BCUT2D eigenvalue weighted by Crippen LogP contribution is -2.44. The fourth-order valence-corrected chi connectivity index (χ4v) is 2.78. The van der Waals surface area contributed by atoms with Crippen LogP contribution in [-0.4, -0.2) is 10.9 Å². The molecule has 8 heteroatoms. The first-order chi connectivity index (χ1) is 9.79. The number of anilines is 1. The molecular formula is C13H12F4N2OS. The Morgan fingerprint density at radius 1 is 1.14 bits per heavy atom. The van der Waals surface area contributed by atoms with E-state index in [2.05, 4.69) is 0 Å². The van der Waals surface area contributed by atoms with Crippen LogP contribution in [0.15, 0.2) is 6.07 Å². The minimum Gasteiger partial charge on any atom is -0.392 e. The minimum atomic E-state index is -1.67. The van der Waals surface area contributed by atoms with Gasteiger partial charge in [0.15, 0.2) is 23.3 Å². The molecule has 0 aromatic heterocycles. The van der Waals surface area contributed by atoms with Gasteiger partial charge in [0.25, 0.3) is 0 Å². The first-order valence-electron chi connectivity index (χ1n) is 6.24. The number of carbonyl (C=O) groups excluding carboxylic acids is 1. The highest BCUT2D eigenvalue weighted by Gasteiger charge is 2.44. The number of hydrogen-bond acceptors (Lipinski definition) is 2. The lowest BCUT2D eigenvalue weighted by atomic mass is 9.85. The Morgan fingerprint density at radius 3 is 2.05 bits per heavy atom. The number of carbonyl (C=O) groups is 1. The number of hydrogen-bond donors (Lipinski definition) is 2. The average Bonchev–Trinajstić information content (AvgIpc) is 2.92. The Balaban J connectivity index is 2.38. The molecule has 1 aromatic carbocycles. The predicted molar refractivity (Wildman–Crippen MR) is 72.6 cm³/mol. The molecule has 0 heterocycles. The van der Waals surface area contributed by atoms with Crippen LogP contribution in [0.1, 0.15) is 25.7 Å². The molecule has 1 saturated carbocycles. The molecule has 1 fully saturated rings. The molecule has 0 spiro atoms.